The van der Waals surface area contributed by atoms with E-state index in [1.807, 2.05) is 12.1 Å². The molecule has 1 aromatic heterocycles. The summed E-state index contributed by atoms with van der Waals surface area (Å²) in [6, 6.07) is 13.6. The zero-order chi connectivity index (χ0) is 15.4. The van der Waals surface area contributed by atoms with E-state index in [1.54, 1.807) is 24.3 Å². The molecule has 22 heavy (non-hydrogen) atoms. The largest absolute Gasteiger partial charge is 0.489 e. The van der Waals surface area contributed by atoms with Gasteiger partial charge < -0.3 is 4.74 Å². The molecule has 0 aliphatic heterocycles. The van der Waals surface area contributed by atoms with Crippen LogP contribution in [-0.2, 0) is 6.61 Å². The van der Waals surface area contributed by atoms with E-state index < -0.39 is 4.92 Å². The van der Waals surface area contributed by atoms with Crippen molar-refractivity contribution in [1.82, 2.24) is 20.2 Å². The van der Waals surface area contributed by atoms with Crippen molar-refractivity contribution in [2.75, 3.05) is 0 Å². The van der Waals surface area contributed by atoms with E-state index in [4.69, 9.17) is 4.74 Å². The minimum absolute atomic E-state index is 0.0449. The summed E-state index contributed by atoms with van der Waals surface area (Å²) in [5.74, 6) is 0.625. The predicted octanol–water partition coefficient (Wildman–Crippen LogP) is 2.15. The van der Waals surface area contributed by atoms with Gasteiger partial charge in [0.15, 0.2) is 0 Å². The van der Waals surface area contributed by atoms with E-state index in [0.29, 0.717) is 5.75 Å². The summed E-state index contributed by atoms with van der Waals surface area (Å²) >= 11 is 0. The van der Waals surface area contributed by atoms with Crippen LogP contribution in [0.2, 0.25) is 0 Å². The minimum atomic E-state index is -0.429. The molecular formula is C14H11N5O3. The van der Waals surface area contributed by atoms with E-state index in [2.05, 4.69) is 15.5 Å². The van der Waals surface area contributed by atoms with Crippen molar-refractivity contribution in [3.8, 4) is 11.4 Å². The van der Waals surface area contributed by atoms with Crippen LogP contribution >= 0.6 is 0 Å². The van der Waals surface area contributed by atoms with Crippen LogP contribution in [0.1, 0.15) is 5.56 Å². The number of rotatable bonds is 5. The van der Waals surface area contributed by atoms with Crippen molar-refractivity contribution in [3.05, 3.63) is 70.5 Å². The molecule has 0 saturated carbocycles. The monoisotopic (exact) mass is 297 g/mol. The highest BCUT2D eigenvalue weighted by Gasteiger charge is 2.06. The lowest BCUT2D eigenvalue weighted by Crippen LogP contribution is -1.99. The highest BCUT2D eigenvalue weighted by atomic mass is 16.6. The van der Waals surface area contributed by atoms with Crippen LogP contribution in [-0.4, -0.2) is 25.1 Å². The Kier molecular flexibility index (Phi) is 3.73. The summed E-state index contributed by atoms with van der Waals surface area (Å²) in [6.45, 7) is 0.237. The third kappa shape index (κ3) is 3.06. The van der Waals surface area contributed by atoms with Crippen LogP contribution in [0.15, 0.2) is 54.9 Å². The van der Waals surface area contributed by atoms with E-state index in [9.17, 15) is 10.1 Å². The molecule has 2 aromatic carbocycles. The second-order valence-electron chi connectivity index (χ2n) is 4.47. The zero-order valence-corrected chi connectivity index (χ0v) is 11.4. The van der Waals surface area contributed by atoms with Crippen molar-refractivity contribution >= 4 is 5.69 Å². The summed E-state index contributed by atoms with van der Waals surface area (Å²) in [7, 11) is 0. The molecule has 8 nitrogen and oxygen atoms in total. The van der Waals surface area contributed by atoms with Crippen molar-refractivity contribution in [2.45, 2.75) is 6.61 Å². The Hall–Kier alpha value is -3.29. The predicted molar refractivity (Wildman–Crippen MR) is 76.6 cm³/mol. The molecule has 3 aromatic rings. The summed E-state index contributed by atoms with van der Waals surface area (Å²) < 4.78 is 7.18. The summed E-state index contributed by atoms with van der Waals surface area (Å²) in [4.78, 5) is 10.3. The highest BCUT2D eigenvalue weighted by Crippen LogP contribution is 2.19. The van der Waals surface area contributed by atoms with Gasteiger partial charge in [-0.3, -0.25) is 10.1 Å². The lowest BCUT2D eigenvalue weighted by Gasteiger charge is -2.07. The Balaban J connectivity index is 1.73. The fourth-order valence-corrected chi connectivity index (χ4v) is 1.92. The van der Waals surface area contributed by atoms with Crippen molar-refractivity contribution < 1.29 is 9.66 Å². The number of benzene rings is 2. The minimum Gasteiger partial charge on any atom is -0.489 e. The van der Waals surface area contributed by atoms with Gasteiger partial charge in [-0.2, -0.15) is 0 Å². The van der Waals surface area contributed by atoms with Crippen molar-refractivity contribution in [1.29, 1.82) is 0 Å². The first-order valence-electron chi connectivity index (χ1n) is 6.42. The lowest BCUT2D eigenvalue weighted by atomic mass is 10.2. The standard InChI is InChI=1S/C14H11N5O3/c20-19(21)13-5-1-3-11(7-13)9-22-14-6-2-4-12(8-14)18-10-15-16-17-18/h1-8,10H,9H2. The summed E-state index contributed by atoms with van der Waals surface area (Å²) in [5, 5.41) is 21.7. The van der Waals surface area contributed by atoms with Crippen LogP contribution < -0.4 is 4.74 Å². The Morgan fingerprint density at radius 2 is 2.05 bits per heavy atom. The summed E-state index contributed by atoms with van der Waals surface area (Å²) in [6.07, 6.45) is 1.49. The first kappa shape index (κ1) is 13.7. The van der Waals surface area contributed by atoms with Gasteiger partial charge in [-0.1, -0.05) is 18.2 Å². The first-order chi connectivity index (χ1) is 10.7. The van der Waals surface area contributed by atoms with Gasteiger partial charge in [0.1, 0.15) is 18.7 Å². The number of hydrogen-bond acceptors (Lipinski definition) is 6. The van der Waals surface area contributed by atoms with E-state index in [1.165, 1.54) is 23.1 Å². The number of nitrogens with zero attached hydrogens (tertiary/aromatic N) is 5. The van der Waals surface area contributed by atoms with Crippen molar-refractivity contribution in [2.24, 2.45) is 0 Å². The number of tetrazole rings is 1. The number of ether oxygens (including phenoxy) is 1. The average Bonchev–Trinajstić information content (AvgIpc) is 3.08. The Morgan fingerprint density at radius 3 is 2.82 bits per heavy atom. The molecule has 3 rings (SSSR count). The third-order valence-corrected chi connectivity index (χ3v) is 2.96. The van der Waals surface area contributed by atoms with Gasteiger partial charge in [0.2, 0.25) is 0 Å². The second-order valence-corrected chi connectivity index (χ2v) is 4.47. The van der Waals surface area contributed by atoms with Gasteiger partial charge in [0.25, 0.3) is 5.69 Å². The molecule has 0 aliphatic carbocycles. The summed E-state index contributed by atoms with van der Waals surface area (Å²) in [5.41, 5.74) is 1.53. The molecule has 0 atom stereocenters. The van der Waals surface area contributed by atoms with Gasteiger partial charge in [0, 0.05) is 18.2 Å². The molecule has 0 amide bonds. The second kappa shape index (κ2) is 6.00. The molecule has 0 aliphatic rings. The van der Waals surface area contributed by atoms with Gasteiger partial charge in [-0.05, 0) is 28.1 Å². The van der Waals surface area contributed by atoms with E-state index >= 15 is 0 Å². The van der Waals surface area contributed by atoms with Gasteiger partial charge in [-0.25, -0.2) is 4.68 Å². The van der Waals surface area contributed by atoms with Gasteiger partial charge in [-0.15, -0.1) is 5.10 Å². The van der Waals surface area contributed by atoms with Crippen LogP contribution in [0.3, 0.4) is 0 Å². The zero-order valence-electron chi connectivity index (χ0n) is 11.4. The molecule has 0 unspecified atom stereocenters. The number of non-ortho nitro benzene ring substituents is 1. The van der Waals surface area contributed by atoms with Crippen LogP contribution in [0.5, 0.6) is 5.75 Å². The molecular weight excluding hydrogens is 286 g/mol. The number of nitro groups is 1. The fraction of sp³-hybridized carbons (Fsp3) is 0.0714. The first-order valence-corrected chi connectivity index (χ1v) is 6.42. The average molecular weight is 297 g/mol. The normalized spacial score (nSPS) is 10.4. The number of aromatic nitrogens is 4. The van der Waals surface area contributed by atoms with Crippen LogP contribution in [0.4, 0.5) is 5.69 Å². The smallest absolute Gasteiger partial charge is 0.269 e. The molecule has 0 N–H and O–H groups in total. The Bertz CT molecular complexity index is 789. The van der Waals surface area contributed by atoms with Gasteiger partial charge >= 0.3 is 0 Å². The number of nitro benzene ring substituents is 1. The highest BCUT2D eigenvalue weighted by molar-refractivity contribution is 5.38. The Labute approximate surface area is 125 Å². The molecule has 1 heterocycles. The van der Waals surface area contributed by atoms with E-state index in [-0.39, 0.29) is 12.3 Å². The van der Waals surface area contributed by atoms with Gasteiger partial charge in [0.05, 0.1) is 10.6 Å². The molecule has 0 spiro atoms. The van der Waals surface area contributed by atoms with Crippen molar-refractivity contribution in [3.63, 3.8) is 0 Å². The molecule has 0 fully saturated rings. The SMILES string of the molecule is O=[N+]([O-])c1cccc(COc2cccc(-n3cnnn3)c2)c1. The third-order valence-electron chi connectivity index (χ3n) is 2.96. The lowest BCUT2D eigenvalue weighted by molar-refractivity contribution is -0.384. The maximum Gasteiger partial charge on any atom is 0.269 e. The molecule has 0 bridgehead atoms. The number of hydrogen-bond donors (Lipinski definition) is 0. The molecule has 0 radical (unpaired) electrons. The maximum absolute atomic E-state index is 10.7. The Morgan fingerprint density at radius 1 is 1.18 bits per heavy atom. The molecule has 8 heteroatoms. The maximum atomic E-state index is 10.7. The fourth-order valence-electron chi connectivity index (χ4n) is 1.92. The topological polar surface area (TPSA) is 96.0 Å². The molecule has 0 saturated heterocycles. The quantitative estimate of drug-likeness (QED) is 0.529. The van der Waals surface area contributed by atoms with E-state index in [0.717, 1.165) is 11.3 Å². The molecule has 110 valence electrons. The van der Waals surface area contributed by atoms with Crippen LogP contribution in [0, 0.1) is 10.1 Å². The van der Waals surface area contributed by atoms with Crippen LogP contribution in [0.25, 0.3) is 5.69 Å².